The van der Waals surface area contributed by atoms with Gasteiger partial charge in [-0.05, 0) is 50.0 Å². The molecule has 2 rings (SSSR count). The molecule has 1 N–H and O–H groups in total. The molecule has 1 aliphatic heterocycles. The van der Waals surface area contributed by atoms with Gasteiger partial charge in [0.05, 0.1) is 0 Å². The second-order valence-electron chi connectivity index (χ2n) is 5.89. The highest BCUT2D eigenvalue weighted by atomic mass is 19.2. The van der Waals surface area contributed by atoms with E-state index in [0.717, 1.165) is 25.2 Å². The molecular weight excluding hydrogens is 274 g/mol. The zero-order chi connectivity index (χ0) is 15.4. The lowest BCUT2D eigenvalue weighted by atomic mass is 10.0. The van der Waals surface area contributed by atoms with Crippen LogP contribution in [0.4, 0.5) is 8.78 Å². The van der Waals surface area contributed by atoms with Crippen molar-refractivity contribution in [2.45, 2.75) is 32.7 Å². The van der Waals surface area contributed by atoms with Gasteiger partial charge in [-0.15, -0.1) is 0 Å². The number of hydrogen-bond donors (Lipinski definition) is 1. The van der Waals surface area contributed by atoms with Gasteiger partial charge >= 0.3 is 0 Å². The Kier molecular flexibility index (Phi) is 5.28. The second-order valence-corrected chi connectivity index (χ2v) is 5.89. The number of halogens is 2. The molecular formula is C16H22F2N2O. The molecule has 0 aromatic heterocycles. The van der Waals surface area contributed by atoms with Crippen LogP contribution in [0, 0.1) is 17.6 Å². The van der Waals surface area contributed by atoms with Crippen molar-refractivity contribution in [1.82, 2.24) is 10.2 Å². The van der Waals surface area contributed by atoms with E-state index in [1.807, 2.05) is 0 Å². The zero-order valence-electron chi connectivity index (χ0n) is 12.5. The highest BCUT2D eigenvalue weighted by Crippen LogP contribution is 2.17. The smallest absolute Gasteiger partial charge is 0.251 e. The molecule has 0 bridgehead atoms. The van der Waals surface area contributed by atoms with Gasteiger partial charge in [-0.1, -0.05) is 13.8 Å². The highest BCUT2D eigenvalue weighted by molar-refractivity contribution is 5.94. The SMILES string of the molecule is CC(C)C(CNC(=O)c1ccc(F)c(F)c1)N1CCCC1. The minimum atomic E-state index is -0.998. The molecule has 0 spiro atoms. The molecule has 5 heteroatoms. The minimum absolute atomic E-state index is 0.151. The summed E-state index contributed by atoms with van der Waals surface area (Å²) in [5, 5.41) is 2.83. The number of benzene rings is 1. The Morgan fingerprint density at radius 1 is 1.24 bits per heavy atom. The molecule has 3 nitrogen and oxygen atoms in total. The fourth-order valence-electron chi connectivity index (χ4n) is 2.80. The van der Waals surface area contributed by atoms with Crippen molar-refractivity contribution >= 4 is 5.91 Å². The Morgan fingerprint density at radius 2 is 1.90 bits per heavy atom. The summed E-state index contributed by atoms with van der Waals surface area (Å²) in [6.45, 7) is 6.91. The lowest BCUT2D eigenvalue weighted by Gasteiger charge is -2.31. The topological polar surface area (TPSA) is 32.3 Å². The number of nitrogens with zero attached hydrogens (tertiary/aromatic N) is 1. The van der Waals surface area contributed by atoms with Gasteiger partial charge in [0.15, 0.2) is 11.6 Å². The summed E-state index contributed by atoms with van der Waals surface area (Å²) in [5.41, 5.74) is 0.151. The molecule has 1 saturated heterocycles. The van der Waals surface area contributed by atoms with Crippen LogP contribution < -0.4 is 5.32 Å². The first-order chi connectivity index (χ1) is 9.99. The lowest BCUT2D eigenvalue weighted by molar-refractivity contribution is 0.0926. The first-order valence-corrected chi connectivity index (χ1v) is 7.46. The van der Waals surface area contributed by atoms with Crippen molar-refractivity contribution in [2.24, 2.45) is 5.92 Å². The van der Waals surface area contributed by atoms with E-state index < -0.39 is 11.6 Å². The van der Waals surface area contributed by atoms with Gasteiger partial charge < -0.3 is 5.32 Å². The van der Waals surface area contributed by atoms with E-state index >= 15 is 0 Å². The number of amides is 1. The van der Waals surface area contributed by atoms with Crippen molar-refractivity contribution in [2.75, 3.05) is 19.6 Å². The summed E-state index contributed by atoms with van der Waals surface area (Å²) in [7, 11) is 0. The van der Waals surface area contributed by atoms with E-state index in [-0.39, 0.29) is 17.5 Å². The third-order valence-electron chi connectivity index (χ3n) is 4.03. The summed E-state index contributed by atoms with van der Waals surface area (Å²) < 4.78 is 26.0. The van der Waals surface area contributed by atoms with Crippen LogP contribution in [-0.2, 0) is 0 Å². The van der Waals surface area contributed by atoms with Crippen LogP contribution in [0.15, 0.2) is 18.2 Å². The zero-order valence-corrected chi connectivity index (χ0v) is 12.5. The van der Waals surface area contributed by atoms with Gasteiger partial charge in [-0.25, -0.2) is 8.78 Å². The molecule has 1 aliphatic rings. The number of carbonyl (C=O) groups is 1. The monoisotopic (exact) mass is 296 g/mol. The Balaban J connectivity index is 1.96. The lowest BCUT2D eigenvalue weighted by Crippen LogP contribution is -2.45. The van der Waals surface area contributed by atoms with Crippen LogP contribution in [0.25, 0.3) is 0 Å². The summed E-state index contributed by atoms with van der Waals surface area (Å²) in [6, 6.07) is 3.49. The fourth-order valence-corrected chi connectivity index (χ4v) is 2.80. The maximum atomic E-state index is 13.1. The number of nitrogens with one attached hydrogen (secondary N) is 1. The average molecular weight is 296 g/mol. The van der Waals surface area contributed by atoms with Crippen molar-refractivity contribution in [3.63, 3.8) is 0 Å². The van der Waals surface area contributed by atoms with E-state index in [9.17, 15) is 13.6 Å². The summed E-state index contributed by atoms with van der Waals surface area (Å²) in [6.07, 6.45) is 2.39. The van der Waals surface area contributed by atoms with Gasteiger partial charge in [-0.2, -0.15) is 0 Å². The standard InChI is InChI=1S/C16H22F2N2O/c1-11(2)15(20-7-3-4-8-20)10-19-16(21)12-5-6-13(17)14(18)9-12/h5-6,9,11,15H,3-4,7-8,10H2,1-2H3,(H,19,21). The molecule has 1 amide bonds. The Bertz CT molecular complexity index is 499. The van der Waals surface area contributed by atoms with Crippen molar-refractivity contribution in [1.29, 1.82) is 0 Å². The molecule has 116 valence electrons. The van der Waals surface area contributed by atoms with Crippen molar-refractivity contribution in [3.8, 4) is 0 Å². The number of likely N-dealkylation sites (tertiary alicyclic amines) is 1. The first kappa shape index (κ1) is 15.9. The molecule has 1 aromatic rings. The van der Waals surface area contributed by atoms with Crippen LogP contribution in [-0.4, -0.2) is 36.5 Å². The maximum absolute atomic E-state index is 13.1. The van der Waals surface area contributed by atoms with Crippen LogP contribution >= 0.6 is 0 Å². The van der Waals surface area contributed by atoms with Gasteiger partial charge in [0.25, 0.3) is 5.91 Å². The predicted octanol–water partition coefficient (Wildman–Crippen LogP) is 2.82. The second kappa shape index (κ2) is 6.98. The molecule has 0 radical (unpaired) electrons. The summed E-state index contributed by atoms with van der Waals surface area (Å²) in [4.78, 5) is 14.4. The molecule has 1 fully saturated rings. The maximum Gasteiger partial charge on any atom is 0.251 e. The Hall–Kier alpha value is -1.49. The van der Waals surface area contributed by atoms with Gasteiger partial charge in [0.1, 0.15) is 0 Å². The molecule has 1 heterocycles. The van der Waals surface area contributed by atoms with Crippen LogP contribution in [0.3, 0.4) is 0 Å². The minimum Gasteiger partial charge on any atom is -0.350 e. The van der Waals surface area contributed by atoms with Crippen molar-refractivity contribution in [3.05, 3.63) is 35.4 Å². The Labute approximate surface area is 124 Å². The van der Waals surface area contributed by atoms with E-state index in [2.05, 4.69) is 24.1 Å². The summed E-state index contributed by atoms with van der Waals surface area (Å²) >= 11 is 0. The molecule has 21 heavy (non-hydrogen) atoms. The third kappa shape index (κ3) is 4.00. The highest BCUT2D eigenvalue weighted by Gasteiger charge is 2.25. The van der Waals surface area contributed by atoms with E-state index in [1.54, 1.807) is 0 Å². The average Bonchev–Trinajstić information content (AvgIpc) is 2.95. The predicted molar refractivity (Wildman–Crippen MR) is 78.1 cm³/mol. The molecule has 1 atom stereocenters. The van der Waals surface area contributed by atoms with Crippen LogP contribution in [0.5, 0.6) is 0 Å². The van der Waals surface area contributed by atoms with Gasteiger partial charge in [-0.3, -0.25) is 9.69 Å². The van der Waals surface area contributed by atoms with E-state index in [4.69, 9.17) is 0 Å². The van der Waals surface area contributed by atoms with E-state index in [1.165, 1.54) is 18.9 Å². The Morgan fingerprint density at radius 3 is 2.48 bits per heavy atom. The fraction of sp³-hybridized carbons (Fsp3) is 0.562. The van der Waals surface area contributed by atoms with Gasteiger partial charge in [0.2, 0.25) is 0 Å². The van der Waals surface area contributed by atoms with Crippen LogP contribution in [0.2, 0.25) is 0 Å². The first-order valence-electron chi connectivity index (χ1n) is 7.46. The number of rotatable bonds is 5. The third-order valence-corrected chi connectivity index (χ3v) is 4.03. The summed E-state index contributed by atoms with van der Waals surface area (Å²) in [5.74, 6) is -1.88. The van der Waals surface area contributed by atoms with Gasteiger partial charge in [0, 0.05) is 18.2 Å². The quantitative estimate of drug-likeness (QED) is 0.906. The molecule has 1 aromatic carbocycles. The number of carbonyl (C=O) groups excluding carboxylic acids is 1. The largest absolute Gasteiger partial charge is 0.350 e. The van der Waals surface area contributed by atoms with Crippen molar-refractivity contribution < 1.29 is 13.6 Å². The molecule has 0 saturated carbocycles. The normalized spacial score (nSPS) is 17.2. The van der Waals surface area contributed by atoms with Crippen LogP contribution in [0.1, 0.15) is 37.0 Å². The van der Waals surface area contributed by atoms with E-state index in [0.29, 0.717) is 12.5 Å². The molecule has 1 unspecified atom stereocenters. The number of hydrogen-bond acceptors (Lipinski definition) is 2. The molecule has 0 aliphatic carbocycles.